The molecule has 6 fully saturated rings. The lowest BCUT2D eigenvalue weighted by molar-refractivity contribution is -0.777. The van der Waals surface area contributed by atoms with Crippen LogP contribution in [0.15, 0.2) is 97.2 Å². The Morgan fingerprint density at radius 2 is 0.521 bits per heavy atom. The molecule has 8 bridgehead atoms. The Bertz CT molecular complexity index is 1690. The molecule has 12 nitrogen and oxygen atoms in total. The summed E-state index contributed by atoms with van der Waals surface area (Å²) in [5.41, 5.74) is 0. The highest BCUT2D eigenvalue weighted by Gasteiger charge is 2.74. The molecule has 73 heavy (non-hydrogen) atoms. The zero-order valence-electron chi connectivity index (χ0n) is 47.2. The molecule has 6 heterocycles. The molecule has 0 radical (unpaired) electrons. The Morgan fingerprint density at radius 3 is 0.767 bits per heavy atom. The Labute approximate surface area is 442 Å². The van der Waals surface area contributed by atoms with E-state index in [1.807, 2.05) is 42.5 Å². The first-order chi connectivity index (χ1) is 35.3. The van der Waals surface area contributed by atoms with Crippen molar-refractivity contribution in [1.29, 1.82) is 0 Å². The van der Waals surface area contributed by atoms with Crippen molar-refractivity contribution in [3.63, 3.8) is 0 Å². The summed E-state index contributed by atoms with van der Waals surface area (Å²) in [6, 6.07) is 0. The van der Waals surface area contributed by atoms with Crippen LogP contribution in [0, 0.1) is 5.92 Å². The van der Waals surface area contributed by atoms with E-state index in [1.165, 1.54) is 19.3 Å². The molecule has 4 atom stereocenters. The predicted molar refractivity (Wildman–Crippen MR) is 289 cm³/mol. The van der Waals surface area contributed by atoms with E-state index in [0.29, 0.717) is 5.92 Å². The van der Waals surface area contributed by atoms with E-state index in [0.717, 1.165) is 103 Å². The number of ether oxygens (including phenoxy) is 12. The van der Waals surface area contributed by atoms with Crippen molar-refractivity contribution < 1.29 is 56.8 Å². The minimum absolute atomic E-state index is 0.0295. The van der Waals surface area contributed by atoms with Crippen molar-refractivity contribution in [3.05, 3.63) is 97.2 Å². The second-order valence-corrected chi connectivity index (χ2v) is 20.1. The van der Waals surface area contributed by atoms with Gasteiger partial charge >= 0.3 is 0 Å². The minimum Gasteiger partial charge on any atom is -0.271 e. The lowest BCUT2D eigenvalue weighted by atomic mass is 10.1. The molecule has 6 aliphatic heterocycles. The molecule has 0 aromatic carbocycles. The summed E-state index contributed by atoms with van der Waals surface area (Å²) in [5, 5.41) is 0. The molecular formula is C61H100O12. The summed E-state index contributed by atoms with van der Waals surface area (Å²) in [5.74, 6) is -13.8. The molecule has 416 valence electrons. The second kappa shape index (κ2) is 32.9. The summed E-state index contributed by atoms with van der Waals surface area (Å²) < 4.78 is 86.8. The van der Waals surface area contributed by atoms with Crippen molar-refractivity contribution in [3.8, 4) is 0 Å². The third-order valence-corrected chi connectivity index (χ3v) is 12.4. The van der Waals surface area contributed by atoms with Crippen molar-refractivity contribution in [2.45, 2.75) is 284 Å². The van der Waals surface area contributed by atoms with Crippen LogP contribution in [-0.4, -0.2) is 48.3 Å². The van der Waals surface area contributed by atoms with Crippen LogP contribution in [0.25, 0.3) is 0 Å². The monoisotopic (exact) mass is 1020 g/mol. The van der Waals surface area contributed by atoms with E-state index in [4.69, 9.17) is 56.8 Å². The van der Waals surface area contributed by atoms with E-state index >= 15 is 0 Å². The van der Waals surface area contributed by atoms with Gasteiger partial charge in [-0.15, -0.1) is 0 Å². The normalized spacial score (nSPS) is 32.4. The van der Waals surface area contributed by atoms with Gasteiger partial charge in [-0.3, -0.25) is 56.8 Å². The van der Waals surface area contributed by atoms with Gasteiger partial charge in [0, 0.05) is 44.9 Å². The van der Waals surface area contributed by atoms with Crippen molar-refractivity contribution in [2.75, 3.05) is 0 Å². The maximum atomic E-state index is 7.38. The molecule has 0 saturated carbocycles. The molecule has 0 aliphatic carbocycles. The summed E-state index contributed by atoms with van der Waals surface area (Å²) in [7, 11) is 0. The average Bonchev–Trinajstić information content (AvgIpc) is 3.32. The molecule has 0 aromatic rings. The van der Waals surface area contributed by atoms with Crippen molar-refractivity contribution in [2.24, 2.45) is 5.92 Å². The number of unbranched alkanes of at least 4 members (excludes halogenated alkanes) is 9. The smallest absolute Gasteiger partial charge is 0.271 e. The minimum atomic E-state index is -2.09. The van der Waals surface area contributed by atoms with Gasteiger partial charge in [-0.05, 0) is 70.1 Å². The molecule has 0 amide bonds. The summed E-state index contributed by atoms with van der Waals surface area (Å²) in [6.45, 7) is 20.0. The molecule has 12 heteroatoms. The summed E-state index contributed by atoms with van der Waals surface area (Å²) in [6.07, 6.45) is 51.4. The summed E-state index contributed by atoms with van der Waals surface area (Å²) in [4.78, 5) is 0. The fourth-order valence-electron chi connectivity index (χ4n) is 8.68. The van der Waals surface area contributed by atoms with Gasteiger partial charge in [0.1, 0.15) is 0 Å². The SMILES string of the molecule is CCC=CCCC.CCCC=CCC12OC3OC4(CC=CCCC)OC(CC=CCCC)(O1)OC1(CC=CCCC)OC(CC=CCCC)(O2)OC(CC=CCCCCC(C)C)(O3)OC(CC=CCCC)(O4)O1. The maximum absolute atomic E-state index is 7.38. The fourth-order valence-corrected chi connectivity index (χ4v) is 8.68. The second-order valence-electron chi connectivity index (χ2n) is 20.1. The zero-order chi connectivity index (χ0) is 52.8. The number of hydrogen-bond donors (Lipinski definition) is 0. The average molecular weight is 1030 g/mol. The van der Waals surface area contributed by atoms with Gasteiger partial charge in [0.25, 0.3) is 48.3 Å². The Morgan fingerprint density at radius 1 is 0.288 bits per heavy atom. The highest BCUT2D eigenvalue weighted by molar-refractivity contribution is 5.01. The molecule has 6 rings (SSSR count). The van der Waals surface area contributed by atoms with Gasteiger partial charge in [0.2, 0.25) is 0 Å². The van der Waals surface area contributed by atoms with Gasteiger partial charge in [-0.1, -0.05) is 224 Å². The Kier molecular flexibility index (Phi) is 28.4. The molecule has 0 spiro atoms. The van der Waals surface area contributed by atoms with Crippen LogP contribution in [0.4, 0.5) is 0 Å². The third kappa shape index (κ3) is 20.7. The highest BCUT2D eigenvalue weighted by Crippen LogP contribution is 2.58. The molecule has 6 saturated heterocycles. The van der Waals surface area contributed by atoms with E-state index in [2.05, 4.69) is 124 Å². The quantitative estimate of drug-likeness (QED) is 0.0452. The molecular weight excluding hydrogens is 925 g/mol. The number of rotatable bonds is 34. The Balaban J connectivity index is 0.00000153. The van der Waals surface area contributed by atoms with Crippen LogP contribution in [-0.2, 0) is 56.8 Å². The van der Waals surface area contributed by atoms with Crippen LogP contribution in [0.5, 0.6) is 0 Å². The first kappa shape index (κ1) is 63.0. The third-order valence-electron chi connectivity index (χ3n) is 12.4. The standard InChI is InChI=1S/C54H86O12.C7H14/c1-9-15-21-31-39-48-55-47-56-49(40-32-22-16-10-2)59-51(58-48,42-33-23-17-11-3)64-54(45-36-26-20-14-6)65-52(60-48,43-34-24-18-12-4)62-50(57-47,41-37-29-27-28-30-38-46(7)8)63-53(61-49,66-54)44-35-25-19-13-5;1-3-5-7-6-4-2/h21-26,29,31-37,46-47H,9-20,27-28,30,38-45H2,1-8H3;5,7H,3-4,6H2,1-2H3. The van der Waals surface area contributed by atoms with Gasteiger partial charge in [-0.2, -0.15) is 0 Å². The summed E-state index contributed by atoms with van der Waals surface area (Å²) >= 11 is 0. The lowest BCUT2D eigenvalue weighted by Crippen LogP contribution is -2.77. The van der Waals surface area contributed by atoms with Gasteiger partial charge < -0.3 is 0 Å². The van der Waals surface area contributed by atoms with Gasteiger partial charge in [0.05, 0.1) is 0 Å². The topological polar surface area (TPSA) is 111 Å². The molecule has 4 unspecified atom stereocenters. The van der Waals surface area contributed by atoms with Crippen LogP contribution < -0.4 is 0 Å². The molecule has 0 aromatic heterocycles. The van der Waals surface area contributed by atoms with E-state index < -0.39 is 48.3 Å². The first-order valence-electron chi connectivity index (χ1n) is 28.9. The van der Waals surface area contributed by atoms with E-state index in [1.54, 1.807) is 0 Å². The van der Waals surface area contributed by atoms with Crippen molar-refractivity contribution in [1.82, 2.24) is 0 Å². The predicted octanol–water partition coefficient (Wildman–Crippen LogP) is 17.5. The van der Waals surface area contributed by atoms with Crippen LogP contribution >= 0.6 is 0 Å². The van der Waals surface area contributed by atoms with Gasteiger partial charge in [0.15, 0.2) is 0 Å². The lowest BCUT2D eigenvalue weighted by Gasteiger charge is -2.63. The first-order valence-corrected chi connectivity index (χ1v) is 28.9. The van der Waals surface area contributed by atoms with E-state index in [-0.39, 0.29) is 44.9 Å². The van der Waals surface area contributed by atoms with E-state index in [9.17, 15) is 0 Å². The van der Waals surface area contributed by atoms with Gasteiger partial charge in [-0.25, -0.2) is 0 Å². The molecule has 6 aliphatic rings. The van der Waals surface area contributed by atoms with Crippen LogP contribution in [0.1, 0.15) is 236 Å². The number of hydrogen-bond acceptors (Lipinski definition) is 12. The Hall–Kier alpha value is -2.56. The largest absolute Gasteiger partial charge is 0.299 e. The fraction of sp³-hybridized carbons (Fsp3) is 0.738. The zero-order valence-corrected chi connectivity index (χ0v) is 47.2. The molecule has 0 N–H and O–H groups in total. The maximum Gasteiger partial charge on any atom is 0.299 e. The highest BCUT2D eigenvalue weighted by atomic mass is 17.2. The number of allylic oxidation sites excluding steroid dienone is 9. The van der Waals surface area contributed by atoms with Crippen molar-refractivity contribution >= 4 is 0 Å². The van der Waals surface area contributed by atoms with Crippen LogP contribution in [0.2, 0.25) is 0 Å². The van der Waals surface area contributed by atoms with Crippen LogP contribution in [0.3, 0.4) is 0 Å².